The Kier molecular flexibility index (Phi) is 6.82. The number of hydrogen-bond donors (Lipinski definition) is 2. The Labute approximate surface area is 124 Å². The maximum Gasteiger partial charge on any atom is 0.241 e. The topological polar surface area (TPSA) is 58.2 Å². The molecular weight excluding hydrogens is 300 g/mol. The zero-order valence-electron chi connectivity index (χ0n) is 11.8. The second-order valence-electron chi connectivity index (χ2n) is 4.58. The lowest BCUT2D eigenvalue weighted by Crippen LogP contribution is -2.29. The molecule has 0 bridgehead atoms. The van der Waals surface area contributed by atoms with Crippen LogP contribution >= 0.6 is 23.1 Å². The Bertz CT molecular complexity index is 497. The first-order valence-electron chi connectivity index (χ1n) is 6.13. The van der Waals surface area contributed by atoms with Crippen molar-refractivity contribution in [2.24, 2.45) is 5.92 Å². The van der Waals surface area contributed by atoms with Crippen molar-refractivity contribution < 1.29 is 8.42 Å². The van der Waals surface area contributed by atoms with E-state index in [0.29, 0.717) is 23.9 Å². The van der Waals surface area contributed by atoms with Gasteiger partial charge in [0.2, 0.25) is 10.0 Å². The highest BCUT2D eigenvalue weighted by Gasteiger charge is 2.20. The molecule has 0 saturated heterocycles. The van der Waals surface area contributed by atoms with Gasteiger partial charge in [0.15, 0.2) is 0 Å². The summed E-state index contributed by atoms with van der Waals surface area (Å²) in [7, 11) is -1.53. The highest BCUT2D eigenvalue weighted by atomic mass is 32.2. The van der Waals surface area contributed by atoms with E-state index in [0.717, 1.165) is 15.5 Å². The number of rotatable bonds is 8. The van der Waals surface area contributed by atoms with E-state index < -0.39 is 10.0 Å². The number of sulfonamides is 1. The first-order chi connectivity index (χ1) is 8.90. The van der Waals surface area contributed by atoms with Crippen LogP contribution in [0.2, 0.25) is 0 Å². The lowest BCUT2D eigenvalue weighted by molar-refractivity contribution is 0.562. The molecule has 4 nitrogen and oxygen atoms in total. The largest absolute Gasteiger partial charge is 0.315 e. The molecule has 7 heteroatoms. The number of aryl methyl sites for hydroxylation is 1. The third-order valence-electron chi connectivity index (χ3n) is 2.64. The molecule has 0 aliphatic heterocycles. The summed E-state index contributed by atoms with van der Waals surface area (Å²) in [5.41, 5.74) is 0. The van der Waals surface area contributed by atoms with Crippen molar-refractivity contribution in [3.63, 3.8) is 0 Å². The van der Waals surface area contributed by atoms with Crippen LogP contribution in [0.3, 0.4) is 0 Å². The molecule has 1 unspecified atom stereocenters. The van der Waals surface area contributed by atoms with Crippen LogP contribution in [0.1, 0.15) is 16.7 Å². The smallest absolute Gasteiger partial charge is 0.241 e. The number of nitrogens with one attached hydrogen (secondary N) is 2. The van der Waals surface area contributed by atoms with Gasteiger partial charge >= 0.3 is 0 Å². The number of hydrogen-bond acceptors (Lipinski definition) is 5. The molecule has 0 fully saturated rings. The molecule has 0 spiro atoms. The number of thiophene rings is 1. The maximum atomic E-state index is 12.2. The van der Waals surface area contributed by atoms with Crippen molar-refractivity contribution in [2.75, 3.05) is 25.6 Å². The van der Waals surface area contributed by atoms with E-state index in [1.165, 1.54) is 11.3 Å². The van der Waals surface area contributed by atoms with Crippen molar-refractivity contribution in [3.8, 4) is 0 Å². The predicted octanol–water partition coefficient (Wildman–Crippen LogP) is 2.05. The molecule has 110 valence electrons. The predicted molar refractivity (Wildman–Crippen MR) is 84.6 cm³/mol. The van der Waals surface area contributed by atoms with Crippen LogP contribution in [0.25, 0.3) is 0 Å². The Morgan fingerprint density at radius 1 is 1.47 bits per heavy atom. The molecule has 0 aliphatic rings. The molecule has 0 aromatic carbocycles. The zero-order valence-corrected chi connectivity index (χ0v) is 14.3. The molecule has 19 heavy (non-hydrogen) atoms. The van der Waals surface area contributed by atoms with Gasteiger partial charge in [-0.1, -0.05) is 6.92 Å². The minimum absolute atomic E-state index is 0.334. The Balaban J connectivity index is 2.76. The van der Waals surface area contributed by atoms with Crippen molar-refractivity contribution >= 4 is 33.1 Å². The van der Waals surface area contributed by atoms with Gasteiger partial charge in [-0.05, 0) is 38.0 Å². The zero-order chi connectivity index (χ0) is 14.5. The second kappa shape index (κ2) is 7.64. The molecule has 1 aromatic heterocycles. The summed E-state index contributed by atoms with van der Waals surface area (Å²) in [5, 5.41) is 3.04. The molecule has 1 atom stereocenters. The van der Waals surface area contributed by atoms with E-state index in [4.69, 9.17) is 0 Å². The molecule has 0 saturated carbocycles. The van der Waals surface area contributed by atoms with Gasteiger partial charge in [-0.15, -0.1) is 11.3 Å². The van der Waals surface area contributed by atoms with Crippen LogP contribution in [-0.2, 0) is 16.6 Å². The maximum absolute atomic E-state index is 12.2. The molecule has 1 heterocycles. The summed E-state index contributed by atoms with van der Waals surface area (Å²) in [6.45, 7) is 5.08. The summed E-state index contributed by atoms with van der Waals surface area (Å²) in [6.07, 6.45) is 2.03. The third-order valence-corrected chi connectivity index (χ3v) is 6.27. The van der Waals surface area contributed by atoms with Crippen LogP contribution in [0.4, 0.5) is 0 Å². The first-order valence-corrected chi connectivity index (χ1v) is 9.82. The summed E-state index contributed by atoms with van der Waals surface area (Å²) in [5.74, 6) is 1.29. The van der Waals surface area contributed by atoms with Gasteiger partial charge in [0.1, 0.15) is 0 Å². The van der Waals surface area contributed by atoms with Gasteiger partial charge in [-0.3, -0.25) is 0 Å². The fourth-order valence-corrected chi connectivity index (χ4v) is 5.22. The van der Waals surface area contributed by atoms with Crippen molar-refractivity contribution in [1.82, 2.24) is 10.0 Å². The fourth-order valence-electron chi connectivity index (χ4n) is 1.73. The Hall–Kier alpha value is -0.0800. The van der Waals surface area contributed by atoms with Gasteiger partial charge in [0, 0.05) is 22.8 Å². The van der Waals surface area contributed by atoms with Gasteiger partial charge in [-0.2, -0.15) is 11.8 Å². The summed E-state index contributed by atoms with van der Waals surface area (Å²) in [6, 6.07) is 1.76. The van der Waals surface area contributed by atoms with E-state index >= 15 is 0 Å². The standard InChI is InChI=1S/C12H22N2O2S3/c1-9(8-17-4)6-14-19(15,16)12-5-11(7-13-3)18-10(12)2/h5,9,13-14H,6-8H2,1-4H3. The van der Waals surface area contributed by atoms with Crippen LogP contribution in [0.15, 0.2) is 11.0 Å². The van der Waals surface area contributed by atoms with Crippen LogP contribution in [0.5, 0.6) is 0 Å². The second-order valence-corrected chi connectivity index (χ2v) is 8.56. The lowest BCUT2D eigenvalue weighted by Gasteiger charge is -2.11. The molecule has 1 aromatic rings. The molecular formula is C12H22N2O2S3. The van der Waals surface area contributed by atoms with E-state index in [-0.39, 0.29) is 0 Å². The molecule has 1 rings (SSSR count). The molecule has 2 N–H and O–H groups in total. The van der Waals surface area contributed by atoms with Crippen LogP contribution < -0.4 is 10.0 Å². The molecule has 0 aliphatic carbocycles. The minimum Gasteiger partial charge on any atom is -0.315 e. The van der Waals surface area contributed by atoms with Crippen molar-refractivity contribution in [3.05, 3.63) is 15.8 Å². The van der Waals surface area contributed by atoms with Crippen molar-refractivity contribution in [1.29, 1.82) is 0 Å². The van der Waals surface area contributed by atoms with E-state index in [2.05, 4.69) is 10.0 Å². The number of thioether (sulfide) groups is 1. The van der Waals surface area contributed by atoms with E-state index in [1.807, 2.05) is 27.2 Å². The van der Waals surface area contributed by atoms with Gasteiger partial charge in [0.25, 0.3) is 0 Å². The highest BCUT2D eigenvalue weighted by molar-refractivity contribution is 7.98. The average molecular weight is 323 g/mol. The summed E-state index contributed by atoms with van der Waals surface area (Å²) in [4.78, 5) is 2.30. The SMILES string of the molecule is CNCc1cc(S(=O)(=O)NCC(C)CSC)c(C)s1. The third kappa shape index (κ3) is 5.07. The normalized spacial score (nSPS) is 13.7. The van der Waals surface area contributed by atoms with Crippen molar-refractivity contribution in [2.45, 2.75) is 25.3 Å². The van der Waals surface area contributed by atoms with Crippen LogP contribution in [0, 0.1) is 12.8 Å². The molecule has 0 radical (unpaired) electrons. The summed E-state index contributed by atoms with van der Waals surface area (Å²) < 4.78 is 27.2. The Morgan fingerprint density at radius 2 is 2.16 bits per heavy atom. The average Bonchev–Trinajstić information content (AvgIpc) is 2.70. The minimum atomic E-state index is -3.38. The Morgan fingerprint density at radius 3 is 2.74 bits per heavy atom. The first kappa shape index (κ1) is 17.0. The van der Waals surface area contributed by atoms with Gasteiger partial charge < -0.3 is 5.32 Å². The van der Waals surface area contributed by atoms with Gasteiger partial charge in [0.05, 0.1) is 4.90 Å². The fraction of sp³-hybridized carbons (Fsp3) is 0.667. The quantitative estimate of drug-likeness (QED) is 0.769. The van der Waals surface area contributed by atoms with Crippen LogP contribution in [-0.4, -0.2) is 34.0 Å². The molecule has 0 amide bonds. The highest BCUT2D eigenvalue weighted by Crippen LogP contribution is 2.25. The monoisotopic (exact) mass is 322 g/mol. The lowest BCUT2D eigenvalue weighted by atomic mass is 10.2. The van der Waals surface area contributed by atoms with E-state index in [9.17, 15) is 8.42 Å². The summed E-state index contributed by atoms with van der Waals surface area (Å²) >= 11 is 3.25. The van der Waals surface area contributed by atoms with Gasteiger partial charge in [-0.25, -0.2) is 13.1 Å². The van der Waals surface area contributed by atoms with E-state index in [1.54, 1.807) is 17.8 Å².